The van der Waals surface area contributed by atoms with Gasteiger partial charge in [0.1, 0.15) is 24.4 Å². The van der Waals surface area contributed by atoms with Crippen LogP contribution in [-0.2, 0) is 34.0 Å². The lowest BCUT2D eigenvalue weighted by Gasteiger charge is -2.34. The van der Waals surface area contributed by atoms with E-state index in [9.17, 15) is 10.2 Å². The Morgan fingerprint density at radius 1 is 0.750 bits per heavy atom. The highest BCUT2D eigenvalue weighted by Crippen LogP contribution is 2.25. The Morgan fingerprint density at radius 2 is 1.28 bits per heavy atom. The molecule has 6 nitrogen and oxygen atoms in total. The third-order valence-corrected chi connectivity index (χ3v) is 7.34. The van der Waals surface area contributed by atoms with Gasteiger partial charge in [0.05, 0.1) is 31.8 Å². The SMILES string of the molecule is O[C@@H]([C@H](OCc1ccccc1)[C@@H](O)C1NCCS1)[C@@H](COCc1ccccc1)OCc1ccccc1. The predicted octanol–water partition coefficient (Wildman–Crippen LogP) is 3.76. The summed E-state index contributed by atoms with van der Waals surface area (Å²) in [5, 5.41) is 25.8. The van der Waals surface area contributed by atoms with Gasteiger partial charge in [0, 0.05) is 12.3 Å². The number of hydrogen-bond donors (Lipinski definition) is 3. The van der Waals surface area contributed by atoms with Gasteiger partial charge in [-0.25, -0.2) is 0 Å². The second-order valence-electron chi connectivity index (χ2n) is 8.82. The number of ether oxygens (including phenoxy) is 3. The number of nitrogens with one attached hydrogen (secondary N) is 1. The van der Waals surface area contributed by atoms with Gasteiger partial charge in [-0.1, -0.05) is 91.0 Å². The second kappa shape index (κ2) is 14.5. The van der Waals surface area contributed by atoms with Gasteiger partial charge in [0.15, 0.2) is 0 Å². The molecule has 3 N–H and O–H groups in total. The van der Waals surface area contributed by atoms with E-state index in [1.165, 1.54) is 0 Å². The maximum Gasteiger partial charge on any atom is 0.115 e. The molecule has 3 aromatic carbocycles. The van der Waals surface area contributed by atoms with Crippen LogP contribution in [0, 0.1) is 0 Å². The minimum Gasteiger partial charge on any atom is -0.388 e. The van der Waals surface area contributed by atoms with Crippen LogP contribution in [0.25, 0.3) is 0 Å². The van der Waals surface area contributed by atoms with Crippen molar-refractivity contribution in [2.75, 3.05) is 18.9 Å². The molecule has 5 atom stereocenters. The van der Waals surface area contributed by atoms with Gasteiger partial charge in [-0.05, 0) is 16.7 Å². The maximum atomic E-state index is 11.5. The number of thioether (sulfide) groups is 1. The Labute approximate surface area is 217 Å². The lowest BCUT2D eigenvalue weighted by Crippen LogP contribution is -2.53. The monoisotopic (exact) mass is 509 g/mol. The molecule has 0 aromatic heterocycles. The van der Waals surface area contributed by atoms with Crippen LogP contribution in [0.5, 0.6) is 0 Å². The van der Waals surface area contributed by atoms with Crippen LogP contribution in [0.15, 0.2) is 91.0 Å². The fraction of sp³-hybridized carbons (Fsp3) is 0.379. The number of aliphatic hydroxyl groups excluding tert-OH is 2. The maximum absolute atomic E-state index is 11.5. The molecule has 3 aromatic rings. The molecular weight excluding hydrogens is 474 g/mol. The zero-order valence-electron chi connectivity index (χ0n) is 20.3. The molecule has 0 saturated carbocycles. The quantitative estimate of drug-likeness (QED) is 0.305. The molecule has 4 rings (SSSR count). The van der Waals surface area contributed by atoms with E-state index in [2.05, 4.69) is 5.32 Å². The zero-order valence-corrected chi connectivity index (χ0v) is 21.1. The average Bonchev–Trinajstić information content (AvgIpc) is 3.47. The molecule has 0 bridgehead atoms. The van der Waals surface area contributed by atoms with Crippen LogP contribution in [-0.4, -0.2) is 58.9 Å². The Balaban J connectivity index is 1.47. The Morgan fingerprint density at radius 3 is 1.81 bits per heavy atom. The molecule has 0 radical (unpaired) electrons. The van der Waals surface area contributed by atoms with Crippen molar-refractivity contribution in [2.24, 2.45) is 0 Å². The number of rotatable bonds is 14. The Kier molecular flexibility index (Phi) is 10.8. The molecule has 1 fully saturated rings. The van der Waals surface area contributed by atoms with Crippen molar-refractivity contribution < 1.29 is 24.4 Å². The molecule has 1 aliphatic heterocycles. The Hall–Kier alpha value is -2.23. The van der Waals surface area contributed by atoms with Crippen molar-refractivity contribution in [1.82, 2.24) is 5.32 Å². The van der Waals surface area contributed by atoms with Crippen molar-refractivity contribution >= 4 is 11.8 Å². The van der Waals surface area contributed by atoms with Crippen LogP contribution in [0.3, 0.4) is 0 Å². The highest BCUT2D eigenvalue weighted by atomic mass is 32.2. The molecule has 36 heavy (non-hydrogen) atoms. The van der Waals surface area contributed by atoms with Crippen molar-refractivity contribution in [3.63, 3.8) is 0 Å². The molecule has 0 amide bonds. The van der Waals surface area contributed by atoms with Crippen molar-refractivity contribution in [2.45, 2.75) is 49.6 Å². The predicted molar refractivity (Wildman–Crippen MR) is 142 cm³/mol. The fourth-order valence-corrected chi connectivity index (χ4v) is 5.18. The summed E-state index contributed by atoms with van der Waals surface area (Å²) in [4.78, 5) is 0. The summed E-state index contributed by atoms with van der Waals surface area (Å²) < 4.78 is 18.3. The van der Waals surface area contributed by atoms with Crippen LogP contribution in [0.1, 0.15) is 16.7 Å². The molecule has 0 aliphatic carbocycles. The smallest absolute Gasteiger partial charge is 0.115 e. The van der Waals surface area contributed by atoms with E-state index in [1.54, 1.807) is 11.8 Å². The highest BCUT2D eigenvalue weighted by Gasteiger charge is 2.39. The van der Waals surface area contributed by atoms with E-state index in [1.807, 2.05) is 91.0 Å². The van der Waals surface area contributed by atoms with Crippen molar-refractivity contribution in [1.29, 1.82) is 0 Å². The van der Waals surface area contributed by atoms with Crippen LogP contribution in [0.4, 0.5) is 0 Å². The van der Waals surface area contributed by atoms with Crippen LogP contribution in [0.2, 0.25) is 0 Å². The number of hydrogen-bond acceptors (Lipinski definition) is 7. The van der Waals surface area contributed by atoms with Gasteiger partial charge < -0.3 is 29.7 Å². The van der Waals surface area contributed by atoms with E-state index in [4.69, 9.17) is 14.2 Å². The first kappa shape index (κ1) is 26.8. The van der Waals surface area contributed by atoms with Gasteiger partial charge in [0.2, 0.25) is 0 Å². The summed E-state index contributed by atoms with van der Waals surface area (Å²) in [6.07, 6.45) is -3.59. The first-order valence-corrected chi connectivity index (χ1v) is 13.4. The first-order valence-electron chi connectivity index (χ1n) is 12.3. The summed E-state index contributed by atoms with van der Waals surface area (Å²) in [6, 6.07) is 29.5. The minimum atomic E-state index is -1.11. The Bertz CT molecular complexity index is 988. The lowest BCUT2D eigenvalue weighted by atomic mass is 10.0. The second-order valence-corrected chi connectivity index (χ2v) is 10.1. The van der Waals surface area contributed by atoms with Gasteiger partial charge in [-0.15, -0.1) is 11.8 Å². The fourth-order valence-electron chi connectivity index (χ4n) is 4.11. The number of aliphatic hydroxyl groups is 2. The molecule has 1 heterocycles. The molecule has 0 spiro atoms. The topological polar surface area (TPSA) is 80.2 Å². The zero-order chi connectivity index (χ0) is 25.0. The largest absolute Gasteiger partial charge is 0.388 e. The minimum absolute atomic E-state index is 0.159. The lowest BCUT2D eigenvalue weighted by molar-refractivity contribution is -0.168. The first-order chi connectivity index (χ1) is 17.7. The van der Waals surface area contributed by atoms with Crippen molar-refractivity contribution in [3.8, 4) is 0 Å². The van der Waals surface area contributed by atoms with E-state index in [-0.39, 0.29) is 18.6 Å². The van der Waals surface area contributed by atoms with E-state index in [0.717, 1.165) is 29.0 Å². The summed E-state index contributed by atoms with van der Waals surface area (Å²) in [5.41, 5.74) is 3.00. The summed E-state index contributed by atoms with van der Waals surface area (Å²) >= 11 is 1.63. The molecule has 1 saturated heterocycles. The third-order valence-electron chi connectivity index (χ3n) is 6.10. The van der Waals surface area contributed by atoms with Gasteiger partial charge in [-0.3, -0.25) is 0 Å². The van der Waals surface area contributed by atoms with E-state index in [0.29, 0.717) is 13.2 Å². The standard InChI is InChI=1S/C29H35NO5S/c31-26(28(27(32)29-30-16-17-36-29)35-20-24-14-8-3-9-15-24)25(34-19-23-12-6-2-7-13-23)21-33-18-22-10-4-1-5-11-22/h1-15,25-32H,16-21H2/t25-,26-,27-,28+,29?/m1/s1. The van der Waals surface area contributed by atoms with E-state index >= 15 is 0 Å². The van der Waals surface area contributed by atoms with Gasteiger partial charge in [-0.2, -0.15) is 0 Å². The molecular formula is C29H35NO5S. The highest BCUT2D eigenvalue weighted by molar-refractivity contribution is 8.00. The molecule has 1 unspecified atom stereocenters. The van der Waals surface area contributed by atoms with Crippen molar-refractivity contribution in [3.05, 3.63) is 108 Å². The summed E-state index contributed by atoms with van der Waals surface area (Å²) in [7, 11) is 0. The normalized spacial score (nSPS) is 19.0. The molecule has 192 valence electrons. The van der Waals surface area contributed by atoms with Crippen LogP contribution >= 0.6 is 11.8 Å². The number of benzene rings is 3. The van der Waals surface area contributed by atoms with Crippen LogP contribution < -0.4 is 5.32 Å². The summed E-state index contributed by atoms with van der Waals surface area (Å²) in [5.74, 6) is 0.900. The van der Waals surface area contributed by atoms with E-state index < -0.39 is 24.4 Å². The average molecular weight is 510 g/mol. The summed E-state index contributed by atoms with van der Waals surface area (Å²) in [6.45, 7) is 1.95. The molecule has 1 aliphatic rings. The van der Waals surface area contributed by atoms with Gasteiger partial charge in [0.25, 0.3) is 0 Å². The molecule has 7 heteroatoms. The van der Waals surface area contributed by atoms with Gasteiger partial charge >= 0.3 is 0 Å². The third kappa shape index (κ3) is 8.15.